The standard InChI is InChI=1S/C29H36ClN5O5/c1-18-15-19(10-12-31-18)26(36)33-27-32-22-8-9-23(39-21-11-14-38-17-21)24(30)25(22)35(27)20-7-5-6-13-34(16-20)28(37)40-29(2,3)4/h8-10,12,15,20-21H,5-7,11,13-14,16-17H2,1-4H3,(H,32,33,36). The number of rotatable bonds is 5. The molecule has 0 aliphatic carbocycles. The average molecular weight is 570 g/mol. The highest BCUT2D eigenvalue weighted by Crippen LogP contribution is 2.39. The minimum absolute atomic E-state index is 0.0824. The first-order valence-electron chi connectivity index (χ1n) is 13.8. The quantitative estimate of drug-likeness (QED) is 0.415. The summed E-state index contributed by atoms with van der Waals surface area (Å²) < 4.78 is 19.3. The smallest absolute Gasteiger partial charge is 0.410 e. The maximum Gasteiger partial charge on any atom is 0.410 e. The highest BCUT2D eigenvalue weighted by atomic mass is 35.5. The number of nitrogens with zero attached hydrogens (tertiary/aromatic N) is 4. The number of pyridine rings is 1. The molecule has 214 valence electrons. The van der Waals surface area contributed by atoms with Crippen LogP contribution in [0, 0.1) is 6.92 Å². The third kappa shape index (κ3) is 6.33. The van der Waals surface area contributed by atoms with E-state index in [1.165, 1.54) is 0 Å². The number of aromatic nitrogens is 3. The average Bonchev–Trinajstić information content (AvgIpc) is 3.46. The van der Waals surface area contributed by atoms with Gasteiger partial charge >= 0.3 is 6.09 Å². The summed E-state index contributed by atoms with van der Waals surface area (Å²) in [6, 6.07) is 6.82. The Morgan fingerprint density at radius 1 is 1.18 bits per heavy atom. The van der Waals surface area contributed by atoms with E-state index in [1.54, 1.807) is 29.3 Å². The Labute approximate surface area is 238 Å². The maximum absolute atomic E-state index is 13.3. The number of likely N-dealkylation sites (tertiary alicyclic amines) is 1. The number of hydrogen-bond acceptors (Lipinski definition) is 7. The lowest BCUT2D eigenvalue weighted by atomic mass is 10.1. The normalized spacial score (nSPS) is 19.9. The monoisotopic (exact) mass is 569 g/mol. The molecule has 2 aliphatic rings. The molecule has 2 fully saturated rings. The Morgan fingerprint density at radius 3 is 2.73 bits per heavy atom. The number of anilines is 1. The molecule has 2 amide bonds. The van der Waals surface area contributed by atoms with Crippen molar-refractivity contribution in [3.8, 4) is 5.75 Å². The summed E-state index contributed by atoms with van der Waals surface area (Å²) in [5.41, 5.74) is 1.86. The van der Waals surface area contributed by atoms with E-state index in [9.17, 15) is 9.59 Å². The van der Waals surface area contributed by atoms with E-state index in [0.717, 1.165) is 31.4 Å². The summed E-state index contributed by atoms with van der Waals surface area (Å²) >= 11 is 7.01. The van der Waals surface area contributed by atoms with E-state index >= 15 is 0 Å². The molecule has 0 radical (unpaired) electrons. The molecule has 2 atom stereocenters. The Balaban J connectivity index is 1.55. The summed E-state index contributed by atoms with van der Waals surface area (Å²) in [6.07, 6.45) is 4.43. The molecule has 0 saturated carbocycles. The van der Waals surface area contributed by atoms with Crippen LogP contribution in [0.3, 0.4) is 0 Å². The van der Waals surface area contributed by atoms with Crippen molar-refractivity contribution in [3.63, 3.8) is 0 Å². The molecule has 5 rings (SSSR count). The van der Waals surface area contributed by atoms with Crippen molar-refractivity contribution >= 4 is 40.6 Å². The predicted octanol–water partition coefficient (Wildman–Crippen LogP) is 5.78. The van der Waals surface area contributed by atoms with Crippen LogP contribution < -0.4 is 10.1 Å². The number of aryl methyl sites for hydroxylation is 1. The van der Waals surface area contributed by atoms with Crippen molar-refractivity contribution in [2.45, 2.75) is 71.1 Å². The van der Waals surface area contributed by atoms with Crippen LogP contribution >= 0.6 is 11.6 Å². The lowest BCUT2D eigenvalue weighted by Gasteiger charge is -2.29. The SMILES string of the molecule is Cc1cc(C(=O)Nc2nc3ccc(OC4CCOC4)c(Cl)c3n2C2CCCCN(C(=O)OC(C)(C)C)C2)ccn1. The molecule has 0 spiro atoms. The zero-order chi connectivity index (χ0) is 28.4. The summed E-state index contributed by atoms with van der Waals surface area (Å²) in [4.78, 5) is 37.1. The zero-order valence-electron chi connectivity index (χ0n) is 23.4. The number of nitrogens with one attached hydrogen (secondary N) is 1. The van der Waals surface area contributed by atoms with Crippen LogP contribution in [0.2, 0.25) is 5.02 Å². The van der Waals surface area contributed by atoms with Crippen LogP contribution in [0.1, 0.15) is 68.5 Å². The van der Waals surface area contributed by atoms with E-state index in [2.05, 4.69) is 10.3 Å². The first-order valence-corrected chi connectivity index (χ1v) is 14.1. The van der Waals surface area contributed by atoms with Gasteiger partial charge in [0.05, 0.1) is 30.3 Å². The van der Waals surface area contributed by atoms with Gasteiger partial charge in [-0.05, 0) is 71.2 Å². The van der Waals surface area contributed by atoms with Gasteiger partial charge in [-0.25, -0.2) is 9.78 Å². The number of ether oxygens (including phenoxy) is 3. The van der Waals surface area contributed by atoms with Gasteiger partial charge in [0.2, 0.25) is 5.95 Å². The lowest BCUT2D eigenvalue weighted by Crippen LogP contribution is -2.39. The zero-order valence-corrected chi connectivity index (χ0v) is 24.2. The van der Waals surface area contributed by atoms with Gasteiger partial charge in [-0.3, -0.25) is 15.1 Å². The number of benzene rings is 1. The van der Waals surface area contributed by atoms with E-state index in [4.69, 9.17) is 30.8 Å². The van der Waals surface area contributed by atoms with Crippen LogP contribution in [0.15, 0.2) is 30.5 Å². The molecule has 0 bridgehead atoms. The Kier molecular flexibility index (Phi) is 8.19. The highest BCUT2D eigenvalue weighted by molar-refractivity contribution is 6.36. The Morgan fingerprint density at radius 2 is 2.00 bits per heavy atom. The molecule has 1 N–H and O–H groups in total. The number of carbonyl (C=O) groups is 2. The second-order valence-corrected chi connectivity index (χ2v) is 11.7. The second-order valence-electron chi connectivity index (χ2n) is 11.4. The van der Waals surface area contributed by atoms with Gasteiger partial charge in [-0.2, -0.15) is 0 Å². The molecule has 2 aliphatic heterocycles. The number of amides is 2. The van der Waals surface area contributed by atoms with Crippen LogP contribution in [0.4, 0.5) is 10.7 Å². The second kappa shape index (κ2) is 11.6. The number of imidazole rings is 1. The molecule has 1 aromatic carbocycles. The van der Waals surface area contributed by atoms with Crippen molar-refractivity contribution in [3.05, 3.63) is 46.7 Å². The molecule has 2 saturated heterocycles. The highest BCUT2D eigenvalue weighted by Gasteiger charge is 2.31. The number of carbonyl (C=O) groups excluding carboxylic acids is 2. The Hall–Kier alpha value is -3.37. The molecular weight excluding hydrogens is 534 g/mol. The number of halogens is 1. The fraction of sp³-hybridized carbons (Fsp3) is 0.517. The molecular formula is C29H36ClN5O5. The fourth-order valence-corrected chi connectivity index (χ4v) is 5.43. The Bertz CT molecular complexity index is 1400. The third-order valence-corrected chi connectivity index (χ3v) is 7.35. The van der Waals surface area contributed by atoms with E-state index in [-0.39, 0.29) is 24.1 Å². The van der Waals surface area contributed by atoms with E-state index in [0.29, 0.717) is 59.6 Å². The molecule has 11 heteroatoms. The van der Waals surface area contributed by atoms with E-state index in [1.807, 2.05) is 38.3 Å². The van der Waals surface area contributed by atoms with Crippen LogP contribution in [0.25, 0.3) is 11.0 Å². The topological polar surface area (TPSA) is 108 Å². The summed E-state index contributed by atoms with van der Waals surface area (Å²) in [5, 5.41) is 3.40. The van der Waals surface area contributed by atoms with Gasteiger partial charge in [-0.15, -0.1) is 0 Å². The molecule has 10 nitrogen and oxygen atoms in total. The van der Waals surface area contributed by atoms with Gasteiger partial charge in [0.1, 0.15) is 22.5 Å². The van der Waals surface area contributed by atoms with Gasteiger partial charge < -0.3 is 23.7 Å². The molecule has 2 unspecified atom stereocenters. The van der Waals surface area contributed by atoms with Crippen molar-refractivity contribution < 1.29 is 23.8 Å². The van der Waals surface area contributed by atoms with Gasteiger partial charge in [-0.1, -0.05) is 11.6 Å². The largest absolute Gasteiger partial charge is 0.486 e. The van der Waals surface area contributed by atoms with Gasteiger partial charge in [0, 0.05) is 37.0 Å². The first-order chi connectivity index (χ1) is 19.1. The van der Waals surface area contributed by atoms with Crippen molar-refractivity contribution in [2.75, 3.05) is 31.6 Å². The van der Waals surface area contributed by atoms with Crippen LogP contribution in [-0.2, 0) is 9.47 Å². The van der Waals surface area contributed by atoms with Crippen molar-refractivity contribution in [1.29, 1.82) is 0 Å². The summed E-state index contributed by atoms with van der Waals surface area (Å²) in [6.45, 7) is 9.52. The van der Waals surface area contributed by atoms with Crippen molar-refractivity contribution in [1.82, 2.24) is 19.4 Å². The number of hydrogen-bond donors (Lipinski definition) is 1. The summed E-state index contributed by atoms with van der Waals surface area (Å²) in [5.74, 6) is 0.579. The third-order valence-electron chi connectivity index (χ3n) is 6.98. The maximum atomic E-state index is 13.3. The number of fused-ring (bicyclic) bond motifs is 1. The minimum Gasteiger partial charge on any atom is -0.486 e. The van der Waals surface area contributed by atoms with Crippen molar-refractivity contribution in [2.24, 2.45) is 0 Å². The van der Waals surface area contributed by atoms with Gasteiger partial charge in [0.25, 0.3) is 5.91 Å². The summed E-state index contributed by atoms with van der Waals surface area (Å²) in [7, 11) is 0. The predicted molar refractivity (Wildman–Crippen MR) is 152 cm³/mol. The lowest BCUT2D eigenvalue weighted by molar-refractivity contribution is 0.0238. The van der Waals surface area contributed by atoms with Crippen LogP contribution in [-0.4, -0.2) is 69.4 Å². The molecule has 40 heavy (non-hydrogen) atoms. The van der Waals surface area contributed by atoms with Gasteiger partial charge in [0.15, 0.2) is 0 Å². The fourth-order valence-electron chi connectivity index (χ4n) is 5.13. The molecule has 2 aromatic heterocycles. The van der Waals surface area contributed by atoms with E-state index < -0.39 is 5.60 Å². The molecule has 4 heterocycles. The first kappa shape index (κ1) is 28.2. The van der Waals surface area contributed by atoms with Crippen LogP contribution in [0.5, 0.6) is 5.75 Å². The molecule has 3 aromatic rings. The minimum atomic E-state index is -0.609.